The maximum Gasteiger partial charge on any atom is 0.345 e. The largest absolute Gasteiger partial charge is 0.477 e. The Balaban J connectivity index is 1.88. The summed E-state index contributed by atoms with van der Waals surface area (Å²) in [5.74, 6) is -1.10. The molecule has 0 radical (unpaired) electrons. The molecule has 9 heteroatoms. The Morgan fingerprint density at radius 3 is 2.45 bits per heavy atom. The van der Waals surface area contributed by atoms with Gasteiger partial charge >= 0.3 is 19.5 Å². The molecule has 3 rings (SSSR count). The Morgan fingerprint density at radius 2 is 1.81 bits per heavy atom. The highest BCUT2D eigenvalue weighted by molar-refractivity contribution is 7.56. The van der Waals surface area contributed by atoms with Gasteiger partial charge in [-0.1, -0.05) is 24.3 Å². The van der Waals surface area contributed by atoms with Crippen molar-refractivity contribution in [1.29, 1.82) is 0 Å². The smallest absolute Gasteiger partial charge is 0.345 e. The second-order valence-electron chi connectivity index (χ2n) is 7.36. The van der Waals surface area contributed by atoms with Crippen LogP contribution in [0.5, 0.6) is 5.75 Å². The molecule has 2 atom stereocenters. The molecular weight excluding hydrogens is 437 g/mol. The number of ether oxygens (including phenoxy) is 1. The molecule has 1 unspecified atom stereocenters. The van der Waals surface area contributed by atoms with E-state index in [9.17, 15) is 19.3 Å². The molecule has 0 amide bonds. The van der Waals surface area contributed by atoms with Gasteiger partial charge in [0.1, 0.15) is 16.7 Å². The maximum absolute atomic E-state index is 13.8. The molecule has 31 heavy (non-hydrogen) atoms. The van der Waals surface area contributed by atoms with Gasteiger partial charge in [-0.15, -0.1) is 11.3 Å². The quantitative estimate of drug-likeness (QED) is 0.329. The van der Waals surface area contributed by atoms with Crippen molar-refractivity contribution in [3.8, 4) is 5.75 Å². The zero-order valence-electron chi connectivity index (χ0n) is 17.4. The van der Waals surface area contributed by atoms with Crippen molar-refractivity contribution in [2.75, 3.05) is 0 Å². The number of benzene rings is 2. The van der Waals surface area contributed by atoms with Crippen LogP contribution in [0.25, 0.3) is 10.1 Å². The second kappa shape index (κ2) is 9.64. The zero-order chi connectivity index (χ0) is 22.6. The lowest BCUT2D eigenvalue weighted by Crippen LogP contribution is -2.36. The van der Waals surface area contributed by atoms with E-state index in [1.165, 1.54) is 11.3 Å². The average Bonchev–Trinajstić information content (AvgIpc) is 3.11. The zero-order valence-corrected chi connectivity index (χ0v) is 19.1. The summed E-state index contributed by atoms with van der Waals surface area (Å²) in [5, 5.41) is 12.8. The molecule has 0 aliphatic carbocycles. The third-order valence-corrected chi connectivity index (χ3v) is 7.45. The lowest BCUT2D eigenvalue weighted by atomic mass is 10.2. The van der Waals surface area contributed by atoms with Crippen molar-refractivity contribution in [3.63, 3.8) is 0 Å². The highest BCUT2D eigenvalue weighted by Gasteiger charge is 2.31. The third-order valence-electron chi connectivity index (χ3n) is 4.27. The minimum Gasteiger partial charge on any atom is -0.477 e. The fourth-order valence-electron chi connectivity index (χ4n) is 2.97. The van der Waals surface area contributed by atoms with Crippen LogP contribution in [0.4, 0.5) is 0 Å². The van der Waals surface area contributed by atoms with Gasteiger partial charge in [0.2, 0.25) is 0 Å². The number of hydrogen-bond acceptors (Lipinski definition) is 6. The van der Waals surface area contributed by atoms with Gasteiger partial charge in [0.15, 0.2) is 0 Å². The van der Waals surface area contributed by atoms with Gasteiger partial charge in [-0.3, -0.25) is 9.36 Å². The molecular formula is C22H24NO6PS. The highest BCUT2D eigenvalue weighted by Crippen LogP contribution is 2.47. The monoisotopic (exact) mass is 461 g/mol. The number of carbonyl (C=O) groups excluding carboxylic acids is 1. The Morgan fingerprint density at radius 1 is 1.10 bits per heavy atom. The molecule has 7 nitrogen and oxygen atoms in total. The van der Waals surface area contributed by atoms with Crippen LogP contribution in [-0.4, -0.2) is 29.2 Å². The summed E-state index contributed by atoms with van der Waals surface area (Å²) >= 11 is 1.18. The van der Waals surface area contributed by atoms with Crippen molar-refractivity contribution < 1.29 is 28.5 Å². The van der Waals surface area contributed by atoms with Crippen LogP contribution in [0.3, 0.4) is 0 Å². The fourth-order valence-corrected chi connectivity index (χ4v) is 5.90. The molecule has 0 saturated carbocycles. The molecule has 3 aromatic rings. The third kappa shape index (κ3) is 6.17. The number of aromatic carboxylic acids is 1. The first-order valence-electron chi connectivity index (χ1n) is 9.73. The standard InChI is InChI=1S/C22H24NO6PS/c1-14(2)28-22(26)15(3)23-30(27,29-18-7-5-4-6-8-18)13-16-9-10-19-17(11-16)12-20(31-19)21(24)25/h4-12,14-15H,13H2,1-3H3,(H,23,27)(H,24,25)/t15-,30?/m0/s1. The van der Waals surface area contributed by atoms with Crippen LogP contribution in [0.2, 0.25) is 0 Å². The Labute approximate surface area is 184 Å². The first-order chi connectivity index (χ1) is 14.6. The van der Waals surface area contributed by atoms with E-state index in [-0.39, 0.29) is 17.1 Å². The van der Waals surface area contributed by atoms with Crippen LogP contribution < -0.4 is 9.61 Å². The Kier molecular flexibility index (Phi) is 7.15. The van der Waals surface area contributed by atoms with E-state index < -0.39 is 25.5 Å². The Hall–Kier alpha value is -2.67. The van der Waals surface area contributed by atoms with Gasteiger partial charge in [-0.05, 0) is 62.1 Å². The van der Waals surface area contributed by atoms with Gasteiger partial charge in [0.25, 0.3) is 0 Å². The lowest BCUT2D eigenvalue weighted by molar-refractivity contribution is -0.149. The molecule has 0 spiro atoms. The summed E-state index contributed by atoms with van der Waals surface area (Å²) in [4.78, 5) is 23.7. The summed E-state index contributed by atoms with van der Waals surface area (Å²) < 4.78 is 25.6. The summed E-state index contributed by atoms with van der Waals surface area (Å²) in [6.07, 6.45) is -0.286. The number of carbonyl (C=O) groups is 2. The maximum atomic E-state index is 13.8. The van der Waals surface area contributed by atoms with Crippen LogP contribution >= 0.6 is 18.9 Å². The number of esters is 1. The van der Waals surface area contributed by atoms with E-state index in [0.717, 1.165) is 10.1 Å². The number of hydrogen-bond donors (Lipinski definition) is 2. The molecule has 0 fully saturated rings. The van der Waals surface area contributed by atoms with E-state index in [2.05, 4.69) is 5.09 Å². The normalized spacial score (nSPS) is 14.2. The van der Waals surface area contributed by atoms with Crippen molar-refractivity contribution >= 4 is 40.9 Å². The number of carboxylic acids is 1. The lowest BCUT2D eigenvalue weighted by Gasteiger charge is -2.24. The molecule has 2 aromatic carbocycles. The fraction of sp³-hybridized carbons (Fsp3) is 0.273. The van der Waals surface area contributed by atoms with E-state index in [1.807, 2.05) is 6.07 Å². The topological polar surface area (TPSA) is 102 Å². The van der Waals surface area contributed by atoms with Gasteiger partial charge in [0.05, 0.1) is 12.3 Å². The van der Waals surface area contributed by atoms with E-state index in [0.29, 0.717) is 11.3 Å². The van der Waals surface area contributed by atoms with E-state index in [4.69, 9.17) is 9.26 Å². The first-order valence-corrected chi connectivity index (χ1v) is 12.4. The van der Waals surface area contributed by atoms with Crippen molar-refractivity contribution in [1.82, 2.24) is 5.09 Å². The highest BCUT2D eigenvalue weighted by atomic mass is 32.1. The number of rotatable bonds is 9. The predicted molar refractivity (Wildman–Crippen MR) is 121 cm³/mol. The van der Waals surface area contributed by atoms with Crippen molar-refractivity contribution in [2.45, 2.75) is 39.1 Å². The van der Waals surface area contributed by atoms with E-state index in [1.54, 1.807) is 69.3 Å². The molecule has 1 aromatic heterocycles. The van der Waals surface area contributed by atoms with Gasteiger partial charge < -0.3 is 14.4 Å². The molecule has 164 valence electrons. The van der Waals surface area contributed by atoms with E-state index >= 15 is 0 Å². The van der Waals surface area contributed by atoms with Gasteiger partial charge in [-0.2, -0.15) is 0 Å². The molecule has 0 bridgehead atoms. The van der Waals surface area contributed by atoms with Crippen molar-refractivity contribution in [3.05, 3.63) is 65.0 Å². The van der Waals surface area contributed by atoms with Gasteiger partial charge in [0, 0.05) is 4.70 Å². The summed E-state index contributed by atoms with van der Waals surface area (Å²) in [6, 6.07) is 14.8. The molecule has 2 N–H and O–H groups in total. The van der Waals surface area contributed by atoms with Crippen molar-refractivity contribution in [2.24, 2.45) is 0 Å². The number of nitrogens with one attached hydrogen (secondary N) is 1. The molecule has 1 heterocycles. The predicted octanol–water partition coefficient (Wildman–Crippen LogP) is 5.30. The SMILES string of the molecule is CC(C)OC(=O)[C@H](C)NP(=O)(Cc1ccc2sc(C(=O)O)cc2c1)Oc1ccccc1. The number of para-hydroxylation sites is 1. The van der Waals surface area contributed by atoms with Crippen LogP contribution in [-0.2, 0) is 20.3 Å². The van der Waals surface area contributed by atoms with Crippen LogP contribution in [0.15, 0.2) is 54.6 Å². The first kappa shape index (κ1) is 23.0. The number of carboxylic acid groups (broad SMARTS) is 1. The van der Waals surface area contributed by atoms with Gasteiger partial charge in [-0.25, -0.2) is 9.88 Å². The molecule has 0 aliphatic rings. The average molecular weight is 461 g/mol. The Bertz CT molecular complexity index is 1130. The van der Waals surface area contributed by atoms with Crippen LogP contribution in [0, 0.1) is 0 Å². The molecule has 0 saturated heterocycles. The minimum atomic E-state index is -3.57. The summed E-state index contributed by atoms with van der Waals surface area (Å²) in [6.45, 7) is 5.06. The summed E-state index contributed by atoms with van der Waals surface area (Å²) in [5.41, 5.74) is 0.693. The summed E-state index contributed by atoms with van der Waals surface area (Å²) in [7, 11) is -3.57. The number of fused-ring (bicyclic) bond motifs is 1. The molecule has 0 aliphatic heterocycles. The van der Waals surface area contributed by atoms with Crippen LogP contribution in [0.1, 0.15) is 36.0 Å². The number of thiophene rings is 1. The minimum absolute atomic E-state index is 0.00931. The second-order valence-corrected chi connectivity index (χ2v) is 10.5.